The van der Waals surface area contributed by atoms with Gasteiger partial charge in [0.05, 0.1) is 10.9 Å². The van der Waals surface area contributed by atoms with E-state index in [0.29, 0.717) is 15.6 Å². The molecular weight excluding hydrogens is 293 g/mol. The van der Waals surface area contributed by atoms with E-state index in [-0.39, 0.29) is 17.6 Å². The first kappa shape index (κ1) is 15.0. The van der Waals surface area contributed by atoms with Gasteiger partial charge in [0.15, 0.2) is 5.78 Å². The van der Waals surface area contributed by atoms with Gasteiger partial charge in [-0.1, -0.05) is 43.1 Å². The lowest BCUT2D eigenvalue weighted by Gasteiger charge is -2.20. The summed E-state index contributed by atoms with van der Waals surface area (Å²) in [5, 5.41) is 0.908. The summed E-state index contributed by atoms with van der Waals surface area (Å²) in [7, 11) is 0. The molecular formula is C16H15Cl2NO. The van der Waals surface area contributed by atoms with Gasteiger partial charge in [-0.15, -0.1) is 0 Å². The van der Waals surface area contributed by atoms with E-state index in [9.17, 15) is 4.79 Å². The maximum Gasteiger partial charge on any atom is 0.172 e. The van der Waals surface area contributed by atoms with Crippen LogP contribution in [0.4, 0.5) is 0 Å². The van der Waals surface area contributed by atoms with Crippen LogP contribution in [0.1, 0.15) is 35.7 Å². The van der Waals surface area contributed by atoms with Crippen molar-refractivity contribution in [2.24, 2.45) is 5.92 Å². The largest absolute Gasteiger partial charge is 0.293 e. The maximum atomic E-state index is 12.8. The topological polar surface area (TPSA) is 30.0 Å². The van der Waals surface area contributed by atoms with Crippen LogP contribution in [0.15, 0.2) is 42.7 Å². The number of carbonyl (C=O) groups is 1. The molecule has 2 rings (SSSR count). The van der Waals surface area contributed by atoms with E-state index in [2.05, 4.69) is 4.98 Å². The third kappa shape index (κ3) is 3.20. The SMILES string of the molecule is CC(C)C(C(=O)c1ccc(Cl)cc1Cl)c1cccnc1. The quantitative estimate of drug-likeness (QED) is 0.743. The smallest absolute Gasteiger partial charge is 0.172 e. The molecule has 0 fully saturated rings. The molecule has 20 heavy (non-hydrogen) atoms. The van der Waals surface area contributed by atoms with Crippen molar-refractivity contribution in [3.8, 4) is 0 Å². The predicted molar refractivity (Wildman–Crippen MR) is 82.6 cm³/mol. The standard InChI is InChI=1S/C16H15Cl2NO/c1-10(2)15(11-4-3-7-19-9-11)16(20)13-6-5-12(17)8-14(13)18/h3-10,15H,1-2H3. The van der Waals surface area contributed by atoms with Crippen LogP contribution in [0.25, 0.3) is 0 Å². The summed E-state index contributed by atoms with van der Waals surface area (Å²) in [5.41, 5.74) is 1.40. The van der Waals surface area contributed by atoms with E-state index in [0.717, 1.165) is 5.56 Å². The lowest BCUT2D eigenvalue weighted by Crippen LogP contribution is -2.19. The van der Waals surface area contributed by atoms with Crippen molar-refractivity contribution >= 4 is 29.0 Å². The Labute approximate surface area is 128 Å². The Hall–Kier alpha value is -1.38. The molecule has 0 aliphatic carbocycles. The normalized spacial score (nSPS) is 12.4. The molecule has 1 aromatic heterocycles. The number of aromatic nitrogens is 1. The highest BCUT2D eigenvalue weighted by Crippen LogP contribution is 2.31. The average Bonchev–Trinajstić information content (AvgIpc) is 2.39. The summed E-state index contributed by atoms with van der Waals surface area (Å²) < 4.78 is 0. The number of nitrogens with zero attached hydrogens (tertiary/aromatic N) is 1. The molecule has 0 radical (unpaired) electrons. The Morgan fingerprint density at radius 1 is 1.20 bits per heavy atom. The predicted octanol–water partition coefficient (Wildman–Crippen LogP) is 5.01. The molecule has 0 amide bonds. The van der Waals surface area contributed by atoms with Crippen LogP contribution >= 0.6 is 23.2 Å². The highest BCUT2D eigenvalue weighted by Gasteiger charge is 2.26. The number of pyridine rings is 1. The van der Waals surface area contributed by atoms with Crippen molar-refractivity contribution in [2.45, 2.75) is 19.8 Å². The fraction of sp³-hybridized carbons (Fsp3) is 0.250. The van der Waals surface area contributed by atoms with E-state index in [4.69, 9.17) is 23.2 Å². The molecule has 0 spiro atoms. The Balaban J connectivity index is 2.42. The van der Waals surface area contributed by atoms with E-state index in [1.54, 1.807) is 30.6 Å². The minimum Gasteiger partial charge on any atom is -0.293 e. The zero-order valence-electron chi connectivity index (χ0n) is 11.3. The van der Waals surface area contributed by atoms with Crippen molar-refractivity contribution in [3.63, 3.8) is 0 Å². The third-order valence-electron chi connectivity index (χ3n) is 3.19. The van der Waals surface area contributed by atoms with E-state index < -0.39 is 0 Å². The molecule has 2 nitrogen and oxygen atoms in total. The molecule has 104 valence electrons. The number of hydrogen-bond acceptors (Lipinski definition) is 2. The molecule has 0 saturated heterocycles. The first-order valence-electron chi connectivity index (χ1n) is 6.40. The second-order valence-electron chi connectivity index (χ2n) is 5.00. The van der Waals surface area contributed by atoms with Gasteiger partial charge in [0, 0.05) is 23.0 Å². The van der Waals surface area contributed by atoms with Crippen LogP contribution < -0.4 is 0 Å². The van der Waals surface area contributed by atoms with Crippen LogP contribution in [-0.4, -0.2) is 10.8 Å². The van der Waals surface area contributed by atoms with Gasteiger partial charge in [0.25, 0.3) is 0 Å². The molecule has 0 saturated carbocycles. The molecule has 4 heteroatoms. The number of halogens is 2. The van der Waals surface area contributed by atoms with E-state index >= 15 is 0 Å². The highest BCUT2D eigenvalue weighted by molar-refractivity contribution is 6.37. The van der Waals surface area contributed by atoms with Gasteiger partial charge < -0.3 is 0 Å². The van der Waals surface area contributed by atoms with Crippen molar-refractivity contribution in [3.05, 3.63) is 63.9 Å². The van der Waals surface area contributed by atoms with Crippen molar-refractivity contribution in [1.82, 2.24) is 4.98 Å². The van der Waals surface area contributed by atoms with Gasteiger partial charge in [-0.25, -0.2) is 0 Å². The Bertz CT molecular complexity index is 611. The fourth-order valence-corrected chi connectivity index (χ4v) is 2.76. The second kappa shape index (κ2) is 6.38. The number of Topliss-reactive ketones (excluding diaryl/α,β-unsaturated/α-hetero) is 1. The molecule has 0 aliphatic heterocycles. The minimum absolute atomic E-state index is 0.00494. The van der Waals surface area contributed by atoms with Gasteiger partial charge in [-0.2, -0.15) is 0 Å². The fourth-order valence-electron chi connectivity index (χ4n) is 2.26. The summed E-state index contributed by atoms with van der Waals surface area (Å²) in [6.07, 6.45) is 3.42. The number of hydrogen-bond donors (Lipinski definition) is 0. The summed E-state index contributed by atoms with van der Waals surface area (Å²) in [5.74, 6) is -0.115. The molecule has 2 aromatic rings. The summed E-state index contributed by atoms with van der Waals surface area (Å²) in [6.45, 7) is 4.03. The zero-order chi connectivity index (χ0) is 14.7. The summed E-state index contributed by atoms with van der Waals surface area (Å²) >= 11 is 12.0. The van der Waals surface area contributed by atoms with Crippen molar-refractivity contribution in [2.75, 3.05) is 0 Å². The number of carbonyl (C=O) groups excluding carboxylic acids is 1. The first-order valence-corrected chi connectivity index (χ1v) is 7.15. The van der Waals surface area contributed by atoms with Gasteiger partial charge in [0.1, 0.15) is 0 Å². The molecule has 1 unspecified atom stereocenters. The number of ketones is 1. The number of rotatable bonds is 4. The van der Waals surface area contributed by atoms with Gasteiger partial charge in [-0.05, 0) is 35.7 Å². The van der Waals surface area contributed by atoms with Crippen molar-refractivity contribution in [1.29, 1.82) is 0 Å². The molecule has 0 aliphatic rings. The maximum absolute atomic E-state index is 12.8. The van der Waals surface area contributed by atoms with Crippen LogP contribution in [0.2, 0.25) is 10.0 Å². The number of benzene rings is 1. The van der Waals surface area contributed by atoms with Crippen LogP contribution in [0.5, 0.6) is 0 Å². The second-order valence-corrected chi connectivity index (χ2v) is 5.84. The molecule has 1 atom stereocenters. The van der Waals surface area contributed by atoms with Crippen LogP contribution in [0, 0.1) is 5.92 Å². The minimum atomic E-state index is -0.262. The van der Waals surface area contributed by atoms with Crippen molar-refractivity contribution < 1.29 is 4.79 Å². The molecule has 0 bridgehead atoms. The lowest BCUT2D eigenvalue weighted by molar-refractivity contribution is 0.0938. The highest BCUT2D eigenvalue weighted by atomic mass is 35.5. The molecule has 1 aromatic carbocycles. The third-order valence-corrected chi connectivity index (χ3v) is 3.74. The Morgan fingerprint density at radius 3 is 2.50 bits per heavy atom. The first-order chi connectivity index (χ1) is 9.50. The molecule has 1 heterocycles. The lowest BCUT2D eigenvalue weighted by atomic mass is 9.83. The van der Waals surface area contributed by atoms with E-state index in [1.807, 2.05) is 26.0 Å². The monoisotopic (exact) mass is 307 g/mol. The Kier molecular flexibility index (Phi) is 4.79. The molecule has 0 N–H and O–H groups in total. The summed E-state index contributed by atoms with van der Waals surface area (Å²) in [4.78, 5) is 16.9. The summed E-state index contributed by atoms with van der Waals surface area (Å²) in [6, 6.07) is 8.71. The zero-order valence-corrected chi connectivity index (χ0v) is 12.8. The van der Waals surface area contributed by atoms with Gasteiger partial charge >= 0.3 is 0 Å². The van der Waals surface area contributed by atoms with Gasteiger partial charge in [-0.3, -0.25) is 9.78 Å². The van der Waals surface area contributed by atoms with Gasteiger partial charge in [0.2, 0.25) is 0 Å². The van der Waals surface area contributed by atoms with Crippen LogP contribution in [-0.2, 0) is 0 Å². The van der Waals surface area contributed by atoms with Crippen LogP contribution in [0.3, 0.4) is 0 Å². The average molecular weight is 308 g/mol. The van der Waals surface area contributed by atoms with E-state index in [1.165, 1.54) is 0 Å². The Morgan fingerprint density at radius 2 is 1.95 bits per heavy atom.